The van der Waals surface area contributed by atoms with Crippen LogP contribution in [0.4, 0.5) is 5.69 Å². The summed E-state index contributed by atoms with van der Waals surface area (Å²) >= 11 is 0. The number of carbonyl (C=O) groups excluding carboxylic acids is 1. The molecule has 0 aromatic carbocycles. The van der Waals surface area contributed by atoms with Crippen LogP contribution in [0.2, 0.25) is 0 Å². The van der Waals surface area contributed by atoms with Gasteiger partial charge in [-0.2, -0.15) is 0 Å². The molecule has 5 heteroatoms. The Morgan fingerprint density at radius 2 is 2.11 bits per heavy atom. The molecule has 0 bridgehead atoms. The van der Waals surface area contributed by atoms with Gasteiger partial charge in [0.2, 0.25) is 0 Å². The highest BCUT2D eigenvalue weighted by Crippen LogP contribution is 2.05. The van der Waals surface area contributed by atoms with Crippen LogP contribution in [0.1, 0.15) is 21.9 Å². The lowest BCUT2D eigenvalue weighted by Gasteiger charge is -2.05. The molecule has 0 aliphatic heterocycles. The average molecular weight is 256 g/mol. The zero-order valence-corrected chi connectivity index (χ0v) is 11.0. The minimum atomic E-state index is -0.203. The first-order valence-corrected chi connectivity index (χ1v) is 6.03. The van der Waals surface area contributed by atoms with E-state index in [0.29, 0.717) is 12.2 Å². The Balaban J connectivity index is 1.97. The molecule has 0 radical (unpaired) electrons. The quantitative estimate of drug-likeness (QED) is 0.874. The van der Waals surface area contributed by atoms with E-state index in [0.717, 1.165) is 17.1 Å². The van der Waals surface area contributed by atoms with Crippen LogP contribution < -0.4 is 10.6 Å². The first kappa shape index (κ1) is 13.0. The number of nitrogens with zero attached hydrogens (tertiary/aromatic N) is 2. The van der Waals surface area contributed by atoms with Crippen molar-refractivity contribution in [2.24, 2.45) is 0 Å². The van der Waals surface area contributed by atoms with Crippen LogP contribution in [0.25, 0.3) is 0 Å². The predicted molar refractivity (Wildman–Crippen MR) is 73.9 cm³/mol. The summed E-state index contributed by atoms with van der Waals surface area (Å²) in [6.07, 6.45) is 1.62. The van der Waals surface area contributed by atoms with E-state index in [-0.39, 0.29) is 5.91 Å². The van der Waals surface area contributed by atoms with Gasteiger partial charge >= 0.3 is 0 Å². The van der Waals surface area contributed by atoms with Gasteiger partial charge in [0.25, 0.3) is 5.91 Å². The smallest absolute Gasteiger partial charge is 0.270 e. The van der Waals surface area contributed by atoms with Crippen LogP contribution >= 0.6 is 0 Å². The predicted octanol–water partition coefficient (Wildman–Crippen LogP) is 1.76. The molecule has 2 rings (SSSR count). The van der Waals surface area contributed by atoms with Crippen molar-refractivity contribution in [2.45, 2.75) is 13.5 Å². The van der Waals surface area contributed by atoms with Gasteiger partial charge in [0.05, 0.1) is 24.1 Å². The van der Waals surface area contributed by atoms with Crippen molar-refractivity contribution >= 4 is 11.6 Å². The number of aryl methyl sites for hydroxylation is 1. The number of hydrogen-bond donors (Lipinski definition) is 2. The Hall–Kier alpha value is -2.43. The van der Waals surface area contributed by atoms with Gasteiger partial charge in [-0.25, -0.2) is 4.98 Å². The second-order valence-electron chi connectivity index (χ2n) is 4.14. The molecule has 0 aliphatic rings. The Bertz CT molecular complexity index is 566. The summed E-state index contributed by atoms with van der Waals surface area (Å²) in [6, 6.07) is 9.22. The monoisotopic (exact) mass is 256 g/mol. The fourth-order valence-corrected chi connectivity index (χ4v) is 1.64. The van der Waals surface area contributed by atoms with Crippen LogP contribution in [0.5, 0.6) is 0 Å². The van der Waals surface area contributed by atoms with Crippen LogP contribution in [-0.2, 0) is 6.54 Å². The zero-order chi connectivity index (χ0) is 13.7. The van der Waals surface area contributed by atoms with E-state index >= 15 is 0 Å². The summed E-state index contributed by atoms with van der Waals surface area (Å²) in [6.45, 7) is 2.32. The molecule has 2 heterocycles. The number of amides is 1. The van der Waals surface area contributed by atoms with Gasteiger partial charge in [0.15, 0.2) is 0 Å². The molecule has 0 aliphatic carbocycles. The molecule has 19 heavy (non-hydrogen) atoms. The molecular formula is C14H16N4O. The third-order valence-electron chi connectivity index (χ3n) is 2.66. The Labute approximate surface area is 112 Å². The van der Waals surface area contributed by atoms with Crippen LogP contribution in [0, 0.1) is 6.92 Å². The lowest BCUT2D eigenvalue weighted by atomic mass is 10.3. The zero-order valence-electron chi connectivity index (χ0n) is 11.0. The van der Waals surface area contributed by atoms with E-state index < -0.39 is 0 Å². The SMILES string of the molecule is CNc1ccc(C(=O)NCc2cccc(C)n2)nc1. The van der Waals surface area contributed by atoms with Crippen LogP contribution in [-0.4, -0.2) is 22.9 Å². The second-order valence-corrected chi connectivity index (χ2v) is 4.14. The van der Waals surface area contributed by atoms with E-state index in [1.165, 1.54) is 0 Å². The van der Waals surface area contributed by atoms with Gasteiger partial charge in [0.1, 0.15) is 5.69 Å². The lowest BCUT2D eigenvalue weighted by molar-refractivity contribution is 0.0945. The van der Waals surface area contributed by atoms with Crippen molar-refractivity contribution in [3.05, 3.63) is 53.6 Å². The number of anilines is 1. The van der Waals surface area contributed by atoms with E-state index in [1.807, 2.05) is 31.2 Å². The standard InChI is InChI=1S/C14H16N4O/c1-10-4-3-5-12(18-10)9-17-14(19)13-7-6-11(15-2)8-16-13/h3-8,15H,9H2,1-2H3,(H,17,19). The summed E-state index contributed by atoms with van der Waals surface area (Å²) < 4.78 is 0. The van der Waals surface area contributed by atoms with Gasteiger partial charge in [0, 0.05) is 12.7 Å². The average Bonchev–Trinajstić information content (AvgIpc) is 2.45. The fraction of sp³-hybridized carbons (Fsp3) is 0.214. The van der Waals surface area contributed by atoms with Crippen molar-refractivity contribution in [3.8, 4) is 0 Å². The second kappa shape index (κ2) is 5.95. The highest BCUT2D eigenvalue weighted by atomic mass is 16.1. The summed E-state index contributed by atoms with van der Waals surface area (Å²) in [4.78, 5) is 20.3. The van der Waals surface area contributed by atoms with Crippen molar-refractivity contribution in [3.63, 3.8) is 0 Å². The maximum atomic E-state index is 11.9. The molecule has 0 fully saturated rings. The number of aromatic nitrogens is 2. The maximum absolute atomic E-state index is 11.9. The van der Waals surface area contributed by atoms with Crippen LogP contribution in [0.3, 0.4) is 0 Å². The number of nitrogens with one attached hydrogen (secondary N) is 2. The van der Waals surface area contributed by atoms with Gasteiger partial charge in [-0.05, 0) is 31.2 Å². The molecule has 2 aromatic heterocycles. The number of rotatable bonds is 4. The number of pyridine rings is 2. The van der Waals surface area contributed by atoms with E-state index in [1.54, 1.807) is 19.3 Å². The van der Waals surface area contributed by atoms with Gasteiger partial charge in [-0.1, -0.05) is 6.07 Å². The van der Waals surface area contributed by atoms with Crippen molar-refractivity contribution < 1.29 is 4.79 Å². The van der Waals surface area contributed by atoms with Crippen molar-refractivity contribution in [1.82, 2.24) is 15.3 Å². The molecule has 0 spiro atoms. The third kappa shape index (κ3) is 3.51. The fourth-order valence-electron chi connectivity index (χ4n) is 1.64. The highest BCUT2D eigenvalue weighted by Gasteiger charge is 2.06. The minimum Gasteiger partial charge on any atom is -0.387 e. The molecule has 0 unspecified atom stereocenters. The molecule has 0 saturated heterocycles. The third-order valence-corrected chi connectivity index (χ3v) is 2.66. The molecule has 0 saturated carbocycles. The largest absolute Gasteiger partial charge is 0.387 e. The van der Waals surface area contributed by atoms with E-state index in [2.05, 4.69) is 20.6 Å². The lowest BCUT2D eigenvalue weighted by Crippen LogP contribution is -2.24. The molecule has 5 nitrogen and oxygen atoms in total. The Kier molecular flexibility index (Phi) is 4.07. The summed E-state index contributed by atoms with van der Waals surface area (Å²) in [5.74, 6) is -0.203. The van der Waals surface area contributed by atoms with Crippen LogP contribution in [0.15, 0.2) is 36.5 Å². The van der Waals surface area contributed by atoms with Gasteiger partial charge in [-0.15, -0.1) is 0 Å². The summed E-state index contributed by atoms with van der Waals surface area (Å²) in [5, 5.41) is 5.75. The Morgan fingerprint density at radius 3 is 2.74 bits per heavy atom. The molecule has 1 amide bonds. The number of hydrogen-bond acceptors (Lipinski definition) is 4. The van der Waals surface area contributed by atoms with Gasteiger partial charge in [-0.3, -0.25) is 9.78 Å². The molecular weight excluding hydrogens is 240 g/mol. The Morgan fingerprint density at radius 1 is 1.26 bits per heavy atom. The van der Waals surface area contributed by atoms with Crippen molar-refractivity contribution in [2.75, 3.05) is 12.4 Å². The van der Waals surface area contributed by atoms with Gasteiger partial charge < -0.3 is 10.6 Å². The molecule has 98 valence electrons. The molecule has 2 N–H and O–H groups in total. The summed E-state index contributed by atoms with van der Waals surface area (Å²) in [5.41, 5.74) is 3.03. The minimum absolute atomic E-state index is 0.203. The first-order valence-electron chi connectivity index (χ1n) is 6.03. The maximum Gasteiger partial charge on any atom is 0.270 e. The topological polar surface area (TPSA) is 66.9 Å². The highest BCUT2D eigenvalue weighted by molar-refractivity contribution is 5.92. The molecule has 2 aromatic rings. The number of carbonyl (C=O) groups is 1. The summed E-state index contributed by atoms with van der Waals surface area (Å²) in [7, 11) is 1.81. The first-order chi connectivity index (χ1) is 9.19. The van der Waals surface area contributed by atoms with E-state index in [4.69, 9.17) is 0 Å². The van der Waals surface area contributed by atoms with Crippen molar-refractivity contribution in [1.29, 1.82) is 0 Å². The normalized spacial score (nSPS) is 10.0. The molecule has 0 atom stereocenters. The van der Waals surface area contributed by atoms with E-state index in [9.17, 15) is 4.79 Å².